The van der Waals surface area contributed by atoms with Crippen LogP contribution in [0.2, 0.25) is 0 Å². The molecule has 2 N–H and O–H groups in total. The number of carboxylic acids is 1. The van der Waals surface area contributed by atoms with Crippen molar-refractivity contribution in [1.29, 1.82) is 0 Å². The summed E-state index contributed by atoms with van der Waals surface area (Å²) in [6.07, 6.45) is 0.402. The number of aliphatic carboxylic acids is 1. The molecule has 6 heteroatoms. The number of hydrogen-bond acceptors (Lipinski definition) is 3. The minimum absolute atomic E-state index is 0.272. The summed E-state index contributed by atoms with van der Waals surface area (Å²) in [4.78, 5) is 22.7. The van der Waals surface area contributed by atoms with Gasteiger partial charge < -0.3 is 15.2 Å². The first-order valence-corrected chi connectivity index (χ1v) is 6.78. The number of ether oxygens (including phenoxy) is 1. The molecule has 5 nitrogen and oxygen atoms in total. The van der Waals surface area contributed by atoms with Gasteiger partial charge in [-0.2, -0.15) is 0 Å². The second kappa shape index (κ2) is 5.61. The van der Waals surface area contributed by atoms with Gasteiger partial charge in [-0.15, -0.1) is 0 Å². The van der Waals surface area contributed by atoms with Crippen LogP contribution >= 0.6 is 15.9 Å². The first-order chi connectivity index (χ1) is 9.02. The van der Waals surface area contributed by atoms with E-state index in [1.54, 1.807) is 12.1 Å². The van der Waals surface area contributed by atoms with Gasteiger partial charge in [-0.05, 0) is 31.5 Å². The maximum atomic E-state index is 11.9. The van der Waals surface area contributed by atoms with Crippen LogP contribution < -0.4 is 10.1 Å². The Bertz CT molecular complexity index is 517. The SMILES string of the molecule is CCOc1ccc(Br)cc1NC(=O)C1CC1C(=O)O. The largest absolute Gasteiger partial charge is 0.492 e. The van der Waals surface area contributed by atoms with Crippen LogP contribution in [0.4, 0.5) is 5.69 Å². The second-order valence-corrected chi connectivity index (χ2v) is 5.27. The van der Waals surface area contributed by atoms with Crippen molar-refractivity contribution in [2.24, 2.45) is 11.8 Å². The van der Waals surface area contributed by atoms with Gasteiger partial charge in [0.2, 0.25) is 5.91 Å². The fourth-order valence-electron chi connectivity index (χ4n) is 1.86. The molecule has 19 heavy (non-hydrogen) atoms. The third kappa shape index (κ3) is 3.26. The minimum atomic E-state index is -0.917. The fourth-order valence-corrected chi connectivity index (χ4v) is 2.23. The molecule has 1 aromatic carbocycles. The maximum Gasteiger partial charge on any atom is 0.307 e. The normalized spacial score (nSPS) is 20.7. The molecule has 1 fully saturated rings. The lowest BCUT2D eigenvalue weighted by Crippen LogP contribution is -2.17. The lowest BCUT2D eigenvalue weighted by atomic mass is 10.2. The molecule has 1 aliphatic carbocycles. The van der Waals surface area contributed by atoms with Gasteiger partial charge in [0, 0.05) is 4.47 Å². The molecule has 1 aromatic rings. The molecule has 0 saturated heterocycles. The smallest absolute Gasteiger partial charge is 0.307 e. The summed E-state index contributed by atoms with van der Waals surface area (Å²) in [6.45, 7) is 2.35. The van der Waals surface area contributed by atoms with Crippen LogP contribution in [0.15, 0.2) is 22.7 Å². The minimum Gasteiger partial charge on any atom is -0.492 e. The summed E-state index contributed by atoms with van der Waals surface area (Å²) >= 11 is 3.32. The zero-order chi connectivity index (χ0) is 14.0. The van der Waals surface area contributed by atoms with E-state index >= 15 is 0 Å². The van der Waals surface area contributed by atoms with Crippen LogP contribution in [0.1, 0.15) is 13.3 Å². The summed E-state index contributed by atoms with van der Waals surface area (Å²) in [7, 11) is 0. The highest BCUT2D eigenvalue weighted by Gasteiger charge is 2.48. The van der Waals surface area contributed by atoms with Crippen LogP contribution in [0.5, 0.6) is 5.75 Å². The number of carboxylic acid groups (broad SMARTS) is 1. The molecular formula is C13H14BrNO4. The van der Waals surface area contributed by atoms with E-state index < -0.39 is 17.8 Å². The zero-order valence-electron chi connectivity index (χ0n) is 10.4. The number of rotatable bonds is 5. The zero-order valence-corrected chi connectivity index (χ0v) is 11.9. The van der Waals surface area contributed by atoms with Crippen molar-refractivity contribution in [2.75, 3.05) is 11.9 Å². The molecule has 2 unspecified atom stereocenters. The molecule has 2 atom stereocenters. The van der Waals surface area contributed by atoms with E-state index in [1.165, 1.54) is 0 Å². The molecule has 102 valence electrons. The van der Waals surface area contributed by atoms with Crippen LogP contribution in [0.3, 0.4) is 0 Å². The molecule has 0 spiro atoms. The van der Waals surface area contributed by atoms with E-state index in [1.807, 2.05) is 13.0 Å². The van der Waals surface area contributed by atoms with Crippen LogP contribution in [0.25, 0.3) is 0 Å². The Morgan fingerprint density at radius 3 is 2.79 bits per heavy atom. The molecule has 0 radical (unpaired) electrons. The van der Waals surface area contributed by atoms with Gasteiger partial charge in [-0.1, -0.05) is 15.9 Å². The van der Waals surface area contributed by atoms with E-state index in [2.05, 4.69) is 21.2 Å². The number of hydrogen-bond donors (Lipinski definition) is 2. The van der Waals surface area contributed by atoms with Crippen molar-refractivity contribution < 1.29 is 19.4 Å². The van der Waals surface area contributed by atoms with E-state index in [0.717, 1.165) is 4.47 Å². The Morgan fingerprint density at radius 1 is 1.47 bits per heavy atom. The molecule has 0 bridgehead atoms. The van der Waals surface area contributed by atoms with E-state index in [9.17, 15) is 9.59 Å². The second-order valence-electron chi connectivity index (χ2n) is 4.35. The highest BCUT2D eigenvalue weighted by Crippen LogP contribution is 2.40. The van der Waals surface area contributed by atoms with E-state index in [-0.39, 0.29) is 5.91 Å². The molecule has 1 amide bonds. The molecular weight excluding hydrogens is 314 g/mol. The average molecular weight is 328 g/mol. The van der Waals surface area contributed by atoms with Crippen LogP contribution in [-0.4, -0.2) is 23.6 Å². The number of nitrogens with one attached hydrogen (secondary N) is 1. The number of halogens is 1. The van der Waals surface area contributed by atoms with Gasteiger partial charge >= 0.3 is 5.97 Å². The molecule has 1 aliphatic rings. The molecule has 0 aromatic heterocycles. The Kier molecular flexibility index (Phi) is 4.09. The highest BCUT2D eigenvalue weighted by atomic mass is 79.9. The number of anilines is 1. The standard InChI is InChI=1S/C13H14BrNO4/c1-2-19-11-4-3-7(14)5-10(11)15-12(16)8-6-9(8)13(17)18/h3-5,8-9H,2,6H2,1H3,(H,15,16)(H,17,18). The third-order valence-corrected chi connectivity index (χ3v) is 3.44. The summed E-state index contributed by atoms with van der Waals surface area (Å²) in [6, 6.07) is 5.31. The Morgan fingerprint density at radius 2 is 2.21 bits per heavy atom. The summed E-state index contributed by atoms with van der Waals surface area (Å²) in [5.74, 6) is -1.61. The Labute approximate surface area is 119 Å². The van der Waals surface area contributed by atoms with Gasteiger partial charge in [-0.3, -0.25) is 9.59 Å². The van der Waals surface area contributed by atoms with Crippen LogP contribution in [-0.2, 0) is 9.59 Å². The van der Waals surface area contributed by atoms with E-state index in [0.29, 0.717) is 24.5 Å². The van der Waals surface area contributed by atoms with Gasteiger partial charge in [0.1, 0.15) is 5.75 Å². The third-order valence-electron chi connectivity index (χ3n) is 2.94. The highest BCUT2D eigenvalue weighted by molar-refractivity contribution is 9.10. The first-order valence-electron chi connectivity index (χ1n) is 5.99. The summed E-state index contributed by atoms with van der Waals surface area (Å²) < 4.78 is 6.23. The van der Waals surface area contributed by atoms with Gasteiger partial charge in [-0.25, -0.2) is 0 Å². The fraction of sp³-hybridized carbons (Fsp3) is 0.385. The summed E-state index contributed by atoms with van der Waals surface area (Å²) in [5.41, 5.74) is 0.553. The Hall–Kier alpha value is -1.56. The van der Waals surface area contributed by atoms with Crippen molar-refractivity contribution >= 4 is 33.5 Å². The monoisotopic (exact) mass is 327 g/mol. The predicted octanol–water partition coefficient (Wildman–Crippen LogP) is 2.51. The number of carbonyl (C=O) groups excluding carboxylic acids is 1. The van der Waals surface area contributed by atoms with Crippen molar-refractivity contribution in [3.8, 4) is 5.75 Å². The van der Waals surface area contributed by atoms with Crippen molar-refractivity contribution in [2.45, 2.75) is 13.3 Å². The van der Waals surface area contributed by atoms with Crippen molar-refractivity contribution in [3.05, 3.63) is 22.7 Å². The Balaban J connectivity index is 2.08. The average Bonchev–Trinajstić information content (AvgIpc) is 3.13. The number of benzene rings is 1. The first kappa shape index (κ1) is 13.9. The lowest BCUT2D eigenvalue weighted by molar-refractivity contribution is -0.139. The summed E-state index contributed by atoms with van der Waals surface area (Å²) in [5, 5.41) is 11.5. The number of carbonyl (C=O) groups is 2. The molecule has 1 saturated carbocycles. The maximum absolute atomic E-state index is 11.9. The van der Waals surface area contributed by atoms with Crippen molar-refractivity contribution in [3.63, 3.8) is 0 Å². The van der Waals surface area contributed by atoms with E-state index in [4.69, 9.17) is 9.84 Å². The van der Waals surface area contributed by atoms with Gasteiger partial charge in [0.25, 0.3) is 0 Å². The topological polar surface area (TPSA) is 75.6 Å². The molecule has 2 rings (SSSR count). The quantitative estimate of drug-likeness (QED) is 0.871. The van der Waals surface area contributed by atoms with Gasteiger partial charge in [0.05, 0.1) is 24.1 Å². The lowest BCUT2D eigenvalue weighted by Gasteiger charge is -2.11. The molecule has 0 heterocycles. The van der Waals surface area contributed by atoms with Crippen molar-refractivity contribution in [1.82, 2.24) is 0 Å². The molecule has 0 aliphatic heterocycles. The van der Waals surface area contributed by atoms with Gasteiger partial charge in [0.15, 0.2) is 0 Å². The predicted molar refractivity (Wildman–Crippen MR) is 73.2 cm³/mol. The van der Waals surface area contributed by atoms with Crippen LogP contribution in [0, 0.1) is 11.8 Å². The number of amides is 1.